The molecule has 3 unspecified atom stereocenters. The van der Waals surface area contributed by atoms with Gasteiger partial charge in [-0.25, -0.2) is 0 Å². The first-order valence-electron chi connectivity index (χ1n) is 8.97. The second kappa shape index (κ2) is 12.9. The maximum Gasteiger partial charge on any atom is 0.437 e. The van der Waals surface area contributed by atoms with Gasteiger partial charge in [0.2, 0.25) is 0 Å². The average Bonchev–Trinajstić information content (AvgIpc) is 2.54. The summed E-state index contributed by atoms with van der Waals surface area (Å²) in [5.41, 5.74) is -2.34. The number of aliphatic hydroxyl groups excluding tert-OH is 3. The summed E-state index contributed by atoms with van der Waals surface area (Å²) in [6.07, 6.45) is -5.81. The summed E-state index contributed by atoms with van der Waals surface area (Å²) in [5, 5.41) is 31.6. The summed E-state index contributed by atoms with van der Waals surface area (Å²) >= 11 is 11.8. The number of esters is 3. The lowest BCUT2D eigenvalue weighted by molar-refractivity contribution is -0.416. The van der Waals surface area contributed by atoms with Crippen LogP contribution in [0.1, 0.15) is 40.0 Å². The van der Waals surface area contributed by atoms with Crippen LogP contribution in [0.5, 0.6) is 0 Å². The van der Waals surface area contributed by atoms with E-state index >= 15 is 0 Å². The molecule has 0 heterocycles. The van der Waals surface area contributed by atoms with Gasteiger partial charge in [-0.2, -0.15) is 37.9 Å². The number of hydrogen-bond acceptors (Lipinski definition) is 12. The molecule has 12 heteroatoms. The second-order valence-corrected chi connectivity index (χ2v) is 7.70. The van der Waals surface area contributed by atoms with Crippen LogP contribution in [-0.4, -0.2) is 74.8 Å². The molecule has 0 aliphatic carbocycles. The van der Waals surface area contributed by atoms with Crippen LogP contribution in [0.15, 0.2) is 0 Å². The Morgan fingerprint density at radius 1 is 0.690 bits per heavy atom. The first kappa shape index (κ1) is 28.3. The second-order valence-electron chi connectivity index (χ2n) is 6.36. The highest BCUT2D eigenvalue weighted by atomic mass is 32.1. The first-order chi connectivity index (χ1) is 13.4. The Bertz CT molecular complexity index is 480. The van der Waals surface area contributed by atoms with Gasteiger partial charge in [0.1, 0.15) is 0 Å². The highest BCUT2D eigenvalue weighted by Gasteiger charge is 2.70. The molecule has 29 heavy (non-hydrogen) atoms. The number of thiol groups is 3. The van der Waals surface area contributed by atoms with E-state index in [-0.39, 0.29) is 36.5 Å². The Hall–Kier alpha value is -0.660. The van der Waals surface area contributed by atoms with Crippen molar-refractivity contribution in [3.63, 3.8) is 0 Å². The highest BCUT2D eigenvalue weighted by Crippen LogP contribution is 2.47. The van der Waals surface area contributed by atoms with Gasteiger partial charge in [-0.05, 0) is 20.8 Å². The minimum atomic E-state index is -2.95. The maximum absolute atomic E-state index is 12.3. The van der Waals surface area contributed by atoms with Gasteiger partial charge in [-0.3, -0.25) is 14.4 Å². The molecule has 0 aromatic rings. The van der Waals surface area contributed by atoms with E-state index in [1.807, 2.05) is 0 Å². The third-order valence-electron chi connectivity index (χ3n) is 4.30. The smallest absolute Gasteiger partial charge is 0.392 e. The molecule has 0 aliphatic rings. The van der Waals surface area contributed by atoms with Gasteiger partial charge < -0.3 is 29.5 Å². The zero-order chi connectivity index (χ0) is 22.8. The van der Waals surface area contributed by atoms with Crippen molar-refractivity contribution in [1.29, 1.82) is 0 Å². The molecule has 0 saturated heterocycles. The molecule has 3 N–H and O–H groups in total. The molecule has 0 aliphatic heterocycles. The number of rotatable bonds is 13. The van der Waals surface area contributed by atoms with Crippen LogP contribution in [0, 0.1) is 5.41 Å². The number of hydrogen-bond donors (Lipinski definition) is 6. The molecule has 0 spiro atoms. The molecule has 0 bridgehead atoms. The lowest BCUT2D eigenvalue weighted by Gasteiger charge is -2.50. The molecule has 170 valence electrons. The minimum absolute atomic E-state index is 0.0507. The molecular weight excluding hydrogens is 444 g/mol. The molecule has 0 fully saturated rings. The first-order valence-corrected chi connectivity index (χ1v) is 10.9. The fourth-order valence-electron chi connectivity index (χ4n) is 3.02. The Balaban J connectivity index is 6.79. The summed E-state index contributed by atoms with van der Waals surface area (Å²) in [6.45, 7) is 3.50. The van der Waals surface area contributed by atoms with Crippen molar-refractivity contribution >= 4 is 55.8 Å². The Morgan fingerprint density at radius 2 is 0.931 bits per heavy atom. The fourth-order valence-corrected chi connectivity index (χ4v) is 3.57. The standard InChI is InChI=1S/C17H30O9S3/c1-10(18)16(11(2)19,12(3)20)17(24-13(21)4-7-27,25-14(22)5-8-28)26-15(23)6-9-29/h10-12,18-20,27-29H,4-9H2,1-3H3. The van der Waals surface area contributed by atoms with E-state index in [0.717, 1.165) is 0 Å². The molecule has 3 atom stereocenters. The molecule has 0 rings (SSSR count). The van der Waals surface area contributed by atoms with Crippen LogP contribution in [-0.2, 0) is 28.6 Å². The van der Waals surface area contributed by atoms with Crippen LogP contribution >= 0.6 is 37.9 Å². The lowest BCUT2D eigenvalue weighted by atomic mass is 9.70. The summed E-state index contributed by atoms with van der Waals surface area (Å²) in [4.78, 5) is 37.0. The molecule has 0 aromatic carbocycles. The lowest BCUT2D eigenvalue weighted by Crippen LogP contribution is -2.70. The molecule has 9 nitrogen and oxygen atoms in total. The van der Waals surface area contributed by atoms with Crippen LogP contribution in [0.4, 0.5) is 0 Å². The third-order valence-corrected chi connectivity index (χ3v) is 4.97. The highest BCUT2D eigenvalue weighted by molar-refractivity contribution is 7.80. The van der Waals surface area contributed by atoms with Gasteiger partial charge in [0, 0.05) is 17.3 Å². The van der Waals surface area contributed by atoms with Crippen molar-refractivity contribution in [1.82, 2.24) is 0 Å². The van der Waals surface area contributed by atoms with E-state index in [2.05, 4.69) is 37.9 Å². The van der Waals surface area contributed by atoms with E-state index in [0.29, 0.717) is 0 Å². The molecule has 0 amide bonds. The summed E-state index contributed by atoms with van der Waals surface area (Å²) in [6, 6.07) is 0. The van der Waals surface area contributed by atoms with E-state index < -0.39 is 47.6 Å². The number of ether oxygens (including phenoxy) is 3. The average molecular weight is 475 g/mol. The molecule has 0 radical (unpaired) electrons. The van der Waals surface area contributed by atoms with Crippen molar-refractivity contribution in [2.75, 3.05) is 17.3 Å². The van der Waals surface area contributed by atoms with Crippen molar-refractivity contribution in [3.05, 3.63) is 0 Å². The van der Waals surface area contributed by atoms with Gasteiger partial charge in [0.15, 0.2) is 5.41 Å². The molecule has 0 saturated carbocycles. The maximum atomic E-state index is 12.3. The van der Waals surface area contributed by atoms with Gasteiger partial charge in [0.05, 0.1) is 37.6 Å². The number of carbonyl (C=O) groups excluding carboxylic acids is 3. The van der Waals surface area contributed by atoms with E-state index in [9.17, 15) is 29.7 Å². The third kappa shape index (κ3) is 6.93. The Labute approximate surface area is 186 Å². The minimum Gasteiger partial charge on any atom is -0.392 e. The number of aliphatic hydroxyl groups is 3. The molecule has 0 aromatic heterocycles. The van der Waals surface area contributed by atoms with Gasteiger partial charge >= 0.3 is 23.9 Å². The van der Waals surface area contributed by atoms with Crippen molar-refractivity contribution in [2.45, 2.75) is 64.3 Å². The molecular formula is C17H30O9S3. The zero-order valence-electron chi connectivity index (χ0n) is 16.6. The SMILES string of the molecule is CC(O)C(C(C)O)(C(C)O)C(OC(=O)CCS)(OC(=O)CCS)OC(=O)CCS. The van der Waals surface area contributed by atoms with Crippen molar-refractivity contribution in [3.8, 4) is 0 Å². The normalized spacial score (nSPS) is 16.9. The van der Waals surface area contributed by atoms with E-state index in [1.54, 1.807) is 0 Å². The monoisotopic (exact) mass is 474 g/mol. The number of carbonyl (C=O) groups is 3. The summed E-state index contributed by atoms with van der Waals surface area (Å²) in [5.74, 6) is -5.79. The Kier molecular flexibility index (Phi) is 12.6. The van der Waals surface area contributed by atoms with Crippen LogP contribution in [0.25, 0.3) is 0 Å². The summed E-state index contributed by atoms with van der Waals surface area (Å²) in [7, 11) is 0. The fraction of sp³-hybridized carbons (Fsp3) is 0.824. The predicted molar refractivity (Wildman–Crippen MR) is 114 cm³/mol. The van der Waals surface area contributed by atoms with Crippen LogP contribution in [0.3, 0.4) is 0 Å². The topological polar surface area (TPSA) is 140 Å². The van der Waals surface area contributed by atoms with E-state index in [1.165, 1.54) is 20.8 Å². The van der Waals surface area contributed by atoms with Crippen molar-refractivity contribution in [2.24, 2.45) is 5.41 Å². The van der Waals surface area contributed by atoms with Gasteiger partial charge in [0.25, 0.3) is 0 Å². The summed E-state index contributed by atoms with van der Waals surface area (Å²) < 4.78 is 15.8. The van der Waals surface area contributed by atoms with Crippen LogP contribution in [0.2, 0.25) is 0 Å². The largest absolute Gasteiger partial charge is 0.437 e. The predicted octanol–water partition coefficient (Wildman–Crippen LogP) is 0.358. The quantitative estimate of drug-likeness (QED) is 0.127. The van der Waals surface area contributed by atoms with E-state index in [4.69, 9.17) is 14.2 Å². The zero-order valence-corrected chi connectivity index (χ0v) is 19.3. The van der Waals surface area contributed by atoms with Gasteiger partial charge in [-0.15, -0.1) is 0 Å². The Morgan fingerprint density at radius 3 is 1.10 bits per heavy atom. The van der Waals surface area contributed by atoms with Crippen LogP contribution < -0.4 is 0 Å². The van der Waals surface area contributed by atoms with Crippen molar-refractivity contribution < 1.29 is 43.9 Å². The van der Waals surface area contributed by atoms with Gasteiger partial charge in [-0.1, -0.05) is 0 Å².